The number of aromatic nitrogens is 1. The first-order valence-corrected chi connectivity index (χ1v) is 8.00. The minimum atomic E-state index is -0.475. The lowest BCUT2D eigenvalue weighted by molar-refractivity contribution is -0.115. The summed E-state index contributed by atoms with van der Waals surface area (Å²) < 4.78 is 13.2. The Labute approximate surface area is 149 Å². The van der Waals surface area contributed by atoms with Crippen molar-refractivity contribution in [3.8, 4) is 0 Å². The van der Waals surface area contributed by atoms with Crippen molar-refractivity contribution in [3.05, 3.63) is 83.3 Å². The van der Waals surface area contributed by atoms with E-state index < -0.39 is 5.82 Å². The van der Waals surface area contributed by atoms with Gasteiger partial charge in [-0.05, 0) is 35.9 Å². The molecule has 0 saturated heterocycles. The van der Waals surface area contributed by atoms with Crippen molar-refractivity contribution in [2.75, 3.05) is 10.6 Å². The van der Waals surface area contributed by atoms with E-state index in [1.165, 1.54) is 12.1 Å². The standard InChI is InChI=1S/C19H15ClFN3O/c20-16-11-14(6-8-17(16)21)23-18-9-7-15(12-22-18)24-19(25)10-13-4-2-1-3-5-13/h1-9,11-12H,10H2,(H,22,23)(H,24,25). The van der Waals surface area contributed by atoms with Gasteiger partial charge in [0.25, 0.3) is 0 Å². The zero-order valence-electron chi connectivity index (χ0n) is 13.2. The Kier molecular flexibility index (Phi) is 5.26. The summed E-state index contributed by atoms with van der Waals surface area (Å²) in [6.45, 7) is 0. The number of carbonyl (C=O) groups is 1. The quantitative estimate of drug-likeness (QED) is 0.691. The van der Waals surface area contributed by atoms with E-state index in [1.807, 2.05) is 30.3 Å². The number of halogens is 2. The number of nitrogens with zero attached hydrogens (tertiary/aromatic N) is 1. The molecule has 2 aromatic carbocycles. The monoisotopic (exact) mass is 355 g/mol. The topological polar surface area (TPSA) is 54.0 Å². The fraction of sp³-hybridized carbons (Fsp3) is 0.0526. The number of rotatable bonds is 5. The molecular formula is C19H15ClFN3O. The van der Waals surface area contributed by atoms with Gasteiger partial charge in [-0.2, -0.15) is 0 Å². The molecule has 3 rings (SSSR count). The molecule has 0 aliphatic rings. The average molecular weight is 356 g/mol. The molecule has 3 aromatic rings. The molecule has 1 aromatic heterocycles. The summed E-state index contributed by atoms with van der Waals surface area (Å²) in [5.41, 5.74) is 2.17. The normalized spacial score (nSPS) is 10.3. The van der Waals surface area contributed by atoms with E-state index in [0.717, 1.165) is 5.56 Å². The van der Waals surface area contributed by atoms with Gasteiger partial charge in [-0.3, -0.25) is 4.79 Å². The summed E-state index contributed by atoms with van der Waals surface area (Å²) in [5, 5.41) is 5.85. The Hall–Kier alpha value is -2.92. The number of hydrogen-bond donors (Lipinski definition) is 2. The van der Waals surface area contributed by atoms with Gasteiger partial charge in [0.1, 0.15) is 11.6 Å². The average Bonchev–Trinajstić information content (AvgIpc) is 2.61. The van der Waals surface area contributed by atoms with Crippen LogP contribution < -0.4 is 10.6 Å². The van der Waals surface area contributed by atoms with Gasteiger partial charge in [-0.1, -0.05) is 41.9 Å². The molecule has 0 aliphatic carbocycles. The van der Waals surface area contributed by atoms with E-state index in [4.69, 9.17) is 11.6 Å². The first kappa shape index (κ1) is 16.9. The highest BCUT2D eigenvalue weighted by Crippen LogP contribution is 2.22. The molecule has 4 nitrogen and oxygen atoms in total. The van der Waals surface area contributed by atoms with Gasteiger partial charge >= 0.3 is 0 Å². The molecule has 0 atom stereocenters. The Bertz CT molecular complexity index is 870. The number of carbonyl (C=O) groups excluding carboxylic acids is 1. The summed E-state index contributed by atoms with van der Waals surface area (Å²) in [6, 6.07) is 17.3. The van der Waals surface area contributed by atoms with Gasteiger partial charge in [0.2, 0.25) is 5.91 Å². The maximum Gasteiger partial charge on any atom is 0.228 e. The third-order valence-electron chi connectivity index (χ3n) is 3.45. The Morgan fingerprint density at radius 3 is 2.48 bits per heavy atom. The zero-order valence-corrected chi connectivity index (χ0v) is 13.9. The lowest BCUT2D eigenvalue weighted by Crippen LogP contribution is -2.14. The van der Waals surface area contributed by atoms with Crippen molar-refractivity contribution in [2.24, 2.45) is 0 Å². The second-order valence-electron chi connectivity index (χ2n) is 5.40. The number of benzene rings is 2. The fourth-order valence-corrected chi connectivity index (χ4v) is 2.43. The number of anilines is 3. The molecule has 126 valence electrons. The van der Waals surface area contributed by atoms with Crippen molar-refractivity contribution in [1.29, 1.82) is 0 Å². The van der Waals surface area contributed by atoms with E-state index >= 15 is 0 Å². The van der Waals surface area contributed by atoms with E-state index in [9.17, 15) is 9.18 Å². The maximum absolute atomic E-state index is 13.2. The van der Waals surface area contributed by atoms with Crippen molar-refractivity contribution in [3.63, 3.8) is 0 Å². The first-order chi connectivity index (χ1) is 12.1. The SMILES string of the molecule is O=C(Cc1ccccc1)Nc1ccc(Nc2ccc(F)c(Cl)c2)nc1. The van der Waals surface area contributed by atoms with Crippen LogP contribution in [0.1, 0.15) is 5.56 Å². The summed E-state index contributed by atoms with van der Waals surface area (Å²) in [4.78, 5) is 16.2. The van der Waals surface area contributed by atoms with Gasteiger partial charge in [0.15, 0.2) is 0 Å². The number of hydrogen-bond acceptors (Lipinski definition) is 3. The van der Waals surface area contributed by atoms with E-state index in [2.05, 4.69) is 15.6 Å². The smallest absolute Gasteiger partial charge is 0.228 e. The summed E-state index contributed by atoms with van der Waals surface area (Å²) >= 11 is 5.75. The molecule has 25 heavy (non-hydrogen) atoms. The van der Waals surface area contributed by atoms with E-state index in [1.54, 1.807) is 24.4 Å². The van der Waals surface area contributed by atoms with E-state index in [-0.39, 0.29) is 10.9 Å². The first-order valence-electron chi connectivity index (χ1n) is 7.62. The van der Waals surface area contributed by atoms with Crippen LogP contribution in [0.15, 0.2) is 66.9 Å². The Balaban J connectivity index is 1.60. The van der Waals surface area contributed by atoms with Gasteiger partial charge in [-0.15, -0.1) is 0 Å². The lowest BCUT2D eigenvalue weighted by Gasteiger charge is -2.08. The second kappa shape index (κ2) is 7.77. The van der Waals surface area contributed by atoms with E-state index in [0.29, 0.717) is 23.6 Å². The third kappa shape index (κ3) is 4.78. The summed E-state index contributed by atoms with van der Waals surface area (Å²) in [6.07, 6.45) is 1.85. The van der Waals surface area contributed by atoms with Crippen LogP contribution in [0.5, 0.6) is 0 Å². The van der Waals surface area contributed by atoms with Gasteiger partial charge in [0, 0.05) is 5.69 Å². The van der Waals surface area contributed by atoms with Crippen molar-refractivity contribution in [2.45, 2.75) is 6.42 Å². The maximum atomic E-state index is 13.2. The minimum Gasteiger partial charge on any atom is -0.340 e. The Morgan fingerprint density at radius 1 is 1.04 bits per heavy atom. The molecule has 0 radical (unpaired) electrons. The predicted octanol–water partition coefficient (Wildman–Crippen LogP) is 4.80. The summed E-state index contributed by atoms with van der Waals surface area (Å²) in [5.74, 6) is -0.0283. The molecule has 0 unspecified atom stereocenters. The molecule has 0 aliphatic heterocycles. The van der Waals surface area contributed by atoms with Crippen LogP contribution in [0.25, 0.3) is 0 Å². The minimum absolute atomic E-state index is 0.0368. The van der Waals surface area contributed by atoms with Gasteiger partial charge in [0.05, 0.1) is 23.3 Å². The fourth-order valence-electron chi connectivity index (χ4n) is 2.25. The molecule has 2 N–H and O–H groups in total. The molecule has 1 amide bonds. The molecule has 0 spiro atoms. The van der Waals surface area contributed by atoms with Crippen LogP contribution in [0.3, 0.4) is 0 Å². The molecule has 6 heteroatoms. The number of nitrogens with one attached hydrogen (secondary N) is 2. The van der Waals surface area contributed by atoms with Crippen LogP contribution in [0.2, 0.25) is 5.02 Å². The van der Waals surface area contributed by atoms with Crippen molar-refractivity contribution >= 4 is 34.7 Å². The highest BCUT2D eigenvalue weighted by Gasteiger charge is 2.05. The van der Waals surface area contributed by atoms with Crippen molar-refractivity contribution < 1.29 is 9.18 Å². The molecule has 0 bridgehead atoms. The van der Waals surface area contributed by atoms with Crippen LogP contribution in [-0.4, -0.2) is 10.9 Å². The van der Waals surface area contributed by atoms with Crippen LogP contribution >= 0.6 is 11.6 Å². The summed E-state index contributed by atoms with van der Waals surface area (Å²) in [7, 11) is 0. The zero-order chi connectivity index (χ0) is 17.6. The third-order valence-corrected chi connectivity index (χ3v) is 3.74. The molecular weight excluding hydrogens is 341 g/mol. The van der Waals surface area contributed by atoms with Crippen LogP contribution in [-0.2, 0) is 11.2 Å². The second-order valence-corrected chi connectivity index (χ2v) is 5.80. The highest BCUT2D eigenvalue weighted by atomic mass is 35.5. The van der Waals surface area contributed by atoms with Crippen LogP contribution in [0, 0.1) is 5.82 Å². The molecule has 0 fully saturated rings. The predicted molar refractivity (Wildman–Crippen MR) is 97.7 cm³/mol. The Morgan fingerprint density at radius 2 is 1.80 bits per heavy atom. The molecule has 0 saturated carbocycles. The number of amides is 1. The molecule has 1 heterocycles. The van der Waals surface area contributed by atoms with Crippen molar-refractivity contribution in [1.82, 2.24) is 4.98 Å². The highest BCUT2D eigenvalue weighted by molar-refractivity contribution is 6.31. The van der Waals surface area contributed by atoms with Gasteiger partial charge < -0.3 is 10.6 Å². The van der Waals surface area contributed by atoms with Gasteiger partial charge in [-0.25, -0.2) is 9.37 Å². The lowest BCUT2D eigenvalue weighted by atomic mass is 10.1. The van der Waals surface area contributed by atoms with Crippen LogP contribution in [0.4, 0.5) is 21.6 Å². The number of pyridine rings is 1. The largest absolute Gasteiger partial charge is 0.340 e.